The standard InChI is InChI=1S/C13H19ClN2/c1-9-5-2-3-7-11(9)16-12-8-4-6-10(15)13(12)14/h4,6,8-9,11,16H,2-3,5,7,15H2,1H3. The number of hydrogen-bond acceptors (Lipinski definition) is 2. The van der Waals surface area contributed by atoms with Crippen LogP contribution in [0, 0.1) is 5.92 Å². The largest absolute Gasteiger partial charge is 0.397 e. The fourth-order valence-corrected chi connectivity index (χ4v) is 2.57. The molecular weight excluding hydrogens is 220 g/mol. The number of nitrogens with two attached hydrogens (primary N) is 1. The normalized spacial score (nSPS) is 25.4. The van der Waals surface area contributed by atoms with Crippen molar-refractivity contribution in [3.05, 3.63) is 23.2 Å². The van der Waals surface area contributed by atoms with E-state index in [2.05, 4.69) is 12.2 Å². The maximum atomic E-state index is 6.17. The lowest BCUT2D eigenvalue weighted by atomic mass is 9.86. The Bertz CT molecular complexity index is 365. The Morgan fingerprint density at radius 2 is 2.06 bits per heavy atom. The Morgan fingerprint density at radius 3 is 2.81 bits per heavy atom. The van der Waals surface area contributed by atoms with Crippen molar-refractivity contribution in [2.75, 3.05) is 11.1 Å². The second-order valence-electron chi connectivity index (χ2n) is 4.72. The minimum absolute atomic E-state index is 0.535. The van der Waals surface area contributed by atoms with Crippen molar-refractivity contribution < 1.29 is 0 Å². The molecule has 3 N–H and O–H groups in total. The van der Waals surface area contributed by atoms with Gasteiger partial charge in [-0.3, -0.25) is 0 Å². The van der Waals surface area contributed by atoms with E-state index in [-0.39, 0.29) is 0 Å². The molecule has 0 bridgehead atoms. The molecule has 1 aromatic rings. The van der Waals surface area contributed by atoms with Crippen LogP contribution in [0.5, 0.6) is 0 Å². The first-order chi connectivity index (χ1) is 7.68. The minimum Gasteiger partial charge on any atom is -0.397 e. The summed E-state index contributed by atoms with van der Waals surface area (Å²) in [4.78, 5) is 0. The van der Waals surface area contributed by atoms with E-state index in [9.17, 15) is 0 Å². The Labute approximate surface area is 102 Å². The highest BCUT2D eigenvalue weighted by molar-refractivity contribution is 6.35. The Hall–Kier alpha value is -0.890. The van der Waals surface area contributed by atoms with Gasteiger partial charge < -0.3 is 11.1 Å². The Balaban J connectivity index is 2.10. The minimum atomic E-state index is 0.535. The molecule has 0 aromatic heterocycles. The maximum absolute atomic E-state index is 6.17. The molecule has 1 aliphatic rings. The molecule has 1 aliphatic carbocycles. The summed E-state index contributed by atoms with van der Waals surface area (Å²) >= 11 is 6.17. The summed E-state index contributed by atoms with van der Waals surface area (Å²) < 4.78 is 0. The number of hydrogen-bond donors (Lipinski definition) is 2. The van der Waals surface area contributed by atoms with Gasteiger partial charge in [-0.15, -0.1) is 0 Å². The topological polar surface area (TPSA) is 38.0 Å². The first kappa shape index (κ1) is 11.6. The van der Waals surface area contributed by atoms with Crippen molar-refractivity contribution in [2.45, 2.75) is 38.6 Å². The van der Waals surface area contributed by atoms with Crippen molar-refractivity contribution in [3.63, 3.8) is 0 Å². The number of halogens is 1. The third-order valence-corrected chi connectivity index (χ3v) is 3.90. The molecule has 0 amide bonds. The summed E-state index contributed by atoms with van der Waals surface area (Å²) in [7, 11) is 0. The van der Waals surface area contributed by atoms with Gasteiger partial charge in [0.2, 0.25) is 0 Å². The van der Waals surface area contributed by atoms with Crippen molar-refractivity contribution >= 4 is 23.0 Å². The van der Waals surface area contributed by atoms with E-state index in [1.54, 1.807) is 0 Å². The molecule has 16 heavy (non-hydrogen) atoms. The first-order valence-electron chi connectivity index (χ1n) is 5.99. The van der Waals surface area contributed by atoms with Crippen LogP contribution in [0.25, 0.3) is 0 Å². The molecule has 0 spiro atoms. The summed E-state index contributed by atoms with van der Waals surface area (Å²) in [5, 5.41) is 4.18. The highest BCUT2D eigenvalue weighted by atomic mass is 35.5. The van der Waals surface area contributed by atoms with Gasteiger partial charge in [-0.05, 0) is 30.9 Å². The molecule has 2 atom stereocenters. The third-order valence-electron chi connectivity index (χ3n) is 3.48. The molecule has 1 saturated carbocycles. The molecule has 2 rings (SSSR count). The summed E-state index contributed by atoms with van der Waals surface area (Å²) in [6, 6.07) is 6.31. The lowest BCUT2D eigenvalue weighted by Crippen LogP contribution is -2.30. The van der Waals surface area contributed by atoms with Crippen molar-refractivity contribution in [1.82, 2.24) is 0 Å². The number of benzene rings is 1. The fraction of sp³-hybridized carbons (Fsp3) is 0.538. The highest BCUT2D eigenvalue weighted by Crippen LogP contribution is 2.32. The maximum Gasteiger partial charge on any atom is 0.0866 e. The second-order valence-corrected chi connectivity index (χ2v) is 5.10. The molecular formula is C13H19ClN2. The number of rotatable bonds is 2. The van der Waals surface area contributed by atoms with E-state index in [0.29, 0.717) is 22.7 Å². The molecule has 3 heteroatoms. The zero-order valence-electron chi connectivity index (χ0n) is 9.67. The van der Waals surface area contributed by atoms with Gasteiger partial charge in [0.05, 0.1) is 16.4 Å². The lowest BCUT2D eigenvalue weighted by Gasteiger charge is -2.30. The summed E-state index contributed by atoms with van der Waals surface area (Å²) in [6.45, 7) is 2.30. The Morgan fingerprint density at radius 1 is 1.31 bits per heavy atom. The molecule has 0 saturated heterocycles. The zero-order valence-corrected chi connectivity index (χ0v) is 10.4. The average molecular weight is 239 g/mol. The van der Waals surface area contributed by atoms with Crippen molar-refractivity contribution in [2.24, 2.45) is 5.92 Å². The molecule has 0 radical (unpaired) electrons. The van der Waals surface area contributed by atoms with Gasteiger partial charge in [-0.25, -0.2) is 0 Å². The van der Waals surface area contributed by atoms with E-state index in [0.717, 1.165) is 5.69 Å². The van der Waals surface area contributed by atoms with E-state index < -0.39 is 0 Å². The lowest BCUT2D eigenvalue weighted by molar-refractivity contribution is 0.349. The van der Waals surface area contributed by atoms with Gasteiger partial charge >= 0.3 is 0 Å². The predicted octanol–water partition coefficient (Wildman–Crippen LogP) is 3.91. The number of anilines is 2. The molecule has 0 heterocycles. The van der Waals surface area contributed by atoms with Gasteiger partial charge in [0.15, 0.2) is 0 Å². The van der Waals surface area contributed by atoms with Gasteiger partial charge in [0, 0.05) is 6.04 Å². The van der Waals surface area contributed by atoms with Gasteiger partial charge in [0.25, 0.3) is 0 Å². The number of nitrogen functional groups attached to an aromatic ring is 1. The summed E-state index contributed by atoms with van der Waals surface area (Å²) in [5.74, 6) is 0.714. The molecule has 88 valence electrons. The summed E-state index contributed by atoms with van der Waals surface area (Å²) in [5.41, 5.74) is 7.41. The van der Waals surface area contributed by atoms with Gasteiger partial charge in [-0.2, -0.15) is 0 Å². The first-order valence-corrected chi connectivity index (χ1v) is 6.37. The van der Waals surface area contributed by atoms with Crippen LogP contribution in [0.15, 0.2) is 18.2 Å². The van der Waals surface area contributed by atoms with Crippen LogP contribution in [-0.4, -0.2) is 6.04 Å². The molecule has 2 unspecified atom stereocenters. The number of nitrogens with one attached hydrogen (secondary N) is 1. The Kier molecular flexibility index (Phi) is 3.59. The second kappa shape index (κ2) is 4.96. The van der Waals surface area contributed by atoms with Crippen LogP contribution >= 0.6 is 11.6 Å². The van der Waals surface area contributed by atoms with Gasteiger partial charge in [0.1, 0.15) is 0 Å². The van der Waals surface area contributed by atoms with Crippen LogP contribution in [0.2, 0.25) is 5.02 Å². The fourth-order valence-electron chi connectivity index (χ4n) is 2.39. The third kappa shape index (κ3) is 2.43. The van der Waals surface area contributed by atoms with Crippen LogP contribution < -0.4 is 11.1 Å². The molecule has 2 nitrogen and oxygen atoms in total. The van der Waals surface area contributed by atoms with Crippen LogP contribution in [0.1, 0.15) is 32.6 Å². The molecule has 1 aromatic carbocycles. The average Bonchev–Trinajstić information content (AvgIpc) is 2.28. The summed E-state index contributed by atoms with van der Waals surface area (Å²) in [6.07, 6.45) is 5.19. The van der Waals surface area contributed by atoms with Crippen LogP contribution in [-0.2, 0) is 0 Å². The smallest absolute Gasteiger partial charge is 0.0866 e. The SMILES string of the molecule is CC1CCCCC1Nc1cccc(N)c1Cl. The quantitative estimate of drug-likeness (QED) is 0.767. The highest BCUT2D eigenvalue weighted by Gasteiger charge is 2.21. The van der Waals surface area contributed by atoms with Gasteiger partial charge in [-0.1, -0.05) is 37.4 Å². The molecule has 0 aliphatic heterocycles. The van der Waals surface area contributed by atoms with E-state index in [4.69, 9.17) is 17.3 Å². The zero-order chi connectivity index (χ0) is 11.5. The molecule has 1 fully saturated rings. The van der Waals surface area contributed by atoms with Crippen LogP contribution in [0.3, 0.4) is 0 Å². The van der Waals surface area contributed by atoms with E-state index in [1.165, 1.54) is 25.7 Å². The van der Waals surface area contributed by atoms with Crippen LogP contribution in [0.4, 0.5) is 11.4 Å². The van der Waals surface area contributed by atoms with Crippen molar-refractivity contribution in [1.29, 1.82) is 0 Å². The monoisotopic (exact) mass is 238 g/mol. The predicted molar refractivity (Wildman–Crippen MR) is 70.9 cm³/mol. The van der Waals surface area contributed by atoms with E-state index in [1.807, 2.05) is 18.2 Å². The van der Waals surface area contributed by atoms with Crippen molar-refractivity contribution in [3.8, 4) is 0 Å². The van der Waals surface area contributed by atoms with E-state index >= 15 is 0 Å².